The highest BCUT2D eigenvalue weighted by atomic mass is 14.9. The minimum absolute atomic E-state index is 0. The van der Waals surface area contributed by atoms with Crippen LogP contribution in [-0.4, -0.2) is 31.7 Å². The second-order valence-electron chi connectivity index (χ2n) is 5.56. The van der Waals surface area contributed by atoms with E-state index in [1.807, 2.05) is 7.05 Å². The van der Waals surface area contributed by atoms with Gasteiger partial charge >= 0.3 is 0 Å². The lowest BCUT2D eigenvalue weighted by atomic mass is 9.96. The zero-order valence-electron chi connectivity index (χ0n) is 14.1. The summed E-state index contributed by atoms with van der Waals surface area (Å²) in [5.41, 5.74) is 0. The quantitative estimate of drug-likeness (QED) is 0.661. The summed E-state index contributed by atoms with van der Waals surface area (Å²) in [6.07, 6.45) is 11.4. The predicted octanol–water partition coefficient (Wildman–Crippen LogP) is 4.93. The van der Waals surface area contributed by atoms with E-state index in [4.69, 9.17) is 0 Å². The highest BCUT2D eigenvalue weighted by Gasteiger charge is 2.10. The molecule has 3 nitrogen and oxygen atoms in total. The molecule has 1 N–H and O–H groups in total. The molecule has 20 heavy (non-hydrogen) atoms. The largest absolute Gasteiger partial charge is 0.320 e. The van der Waals surface area contributed by atoms with Crippen molar-refractivity contribution in [3.63, 3.8) is 0 Å². The Morgan fingerprint density at radius 3 is 2.35 bits per heavy atom. The Bertz CT molecular complexity index is 255. The van der Waals surface area contributed by atoms with Crippen LogP contribution in [0.25, 0.3) is 0 Å². The van der Waals surface area contributed by atoms with Gasteiger partial charge in [0.25, 0.3) is 0 Å². The molecule has 0 aromatic carbocycles. The van der Waals surface area contributed by atoms with Crippen molar-refractivity contribution >= 4 is 6.01 Å². The Hall–Kier alpha value is -0.660. The zero-order chi connectivity index (χ0) is 15.1. The predicted molar refractivity (Wildman–Crippen MR) is 92.1 cm³/mol. The van der Waals surface area contributed by atoms with Gasteiger partial charge in [0, 0.05) is 1.43 Å². The van der Waals surface area contributed by atoms with Crippen molar-refractivity contribution in [1.82, 2.24) is 5.32 Å². The molecule has 120 valence electrons. The van der Waals surface area contributed by atoms with Gasteiger partial charge in [-0.1, -0.05) is 52.9 Å². The molecule has 0 radical (unpaired) electrons. The summed E-state index contributed by atoms with van der Waals surface area (Å²) in [6.45, 7) is 7.57. The van der Waals surface area contributed by atoms with E-state index >= 15 is 0 Å². The van der Waals surface area contributed by atoms with Gasteiger partial charge in [-0.05, 0) is 39.3 Å². The number of hydrogen-bond donors (Lipinski definition) is 1. The first-order chi connectivity index (χ1) is 9.78. The monoisotopic (exact) mass is 283 g/mol. The molecule has 1 aliphatic carbocycles. The number of nitrogens with zero attached hydrogens (tertiary/aromatic N) is 2. The van der Waals surface area contributed by atoms with E-state index in [2.05, 4.69) is 42.1 Å². The van der Waals surface area contributed by atoms with Crippen molar-refractivity contribution in [3.8, 4) is 0 Å². The third kappa shape index (κ3) is 11.2. The third-order valence-corrected chi connectivity index (χ3v) is 3.77. The van der Waals surface area contributed by atoms with Crippen molar-refractivity contribution in [3.05, 3.63) is 0 Å². The van der Waals surface area contributed by atoms with Gasteiger partial charge in [-0.3, -0.25) is 0 Å². The average Bonchev–Trinajstić information content (AvgIpc) is 2.52. The van der Waals surface area contributed by atoms with Crippen molar-refractivity contribution in [2.75, 3.05) is 13.6 Å². The van der Waals surface area contributed by atoms with E-state index in [0.717, 1.165) is 13.0 Å². The van der Waals surface area contributed by atoms with Crippen LogP contribution in [0.15, 0.2) is 9.98 Å². The number of nitrogens with one attached hydrogen (secondary N) is 1. The fourth-order valence-electron chi connectivity index (χ4n) is 2.21. The molecule has 0 aliphatic heterocycles. The van der Waals surface area contributed by atoms with Crippen LogP contribution in [0, 0.1) is 0 Å². The molecule has 0 aromatic heterocycles. The molecule has 0 bridgehead atoms. The summed E-state index contributed by atoms with van der Waals surface area (Å²) < 4.78 is 0. The molecule has 3 heteroatoms. The number of aliphatic imine (C=N–C) groups is 2. The van der Waals surface area contributed by atoms with Gasteiger partial charge < -0.3 is 5.32 Å². The molecule has 0 spiro atoms. The molecule has 1 atom stereocenters. The zero-order valence-corrected chi connectivity index (χ0v) is 14.1. The number of hydrogen-bond acceptors (Lipinski definition) is 3. The molecule has 1 unspecified atom stereocenters. The van der Waals surface area contributed by atoms with Crippen LogP contribution in [0.5, 0.6) is 0 Å². The Labute approximate surface area is 127 Å². The lowest BCUT2D eigenvalue weighted by Crippen LogP contribution is -2.09. The summed E-state index contributed by atoms with van der Waals surface area (Å²) >= 11 is 0. The van der Waals surface area contributed by atoms with Crippen molar-refractivity contribution in [2.45, 2.75) is 90.6 Å². The van der Waals surface area contributed by atoms with Crippen LogP contribution in [0.4, 0.5) is 0 Å². The van der Waals surface area contributed by atoms with E-state index in [-0.39, 0.29) is 1.43 Å². The third-order valence-electron chi connectivity index (χ3n) is 3.77. The van der Waals surface area contributed by atoms with Crippen molar-refractivity contribution < 1.29 is 1.43 Å². The molecular weight excluding hydrogens is 246 g/mol. The Morgan fingerprint density at radius 1 is 1.20 bits per heavy atom. The lowest BCUT2D eigenvalue weighted by molar-refractivity contribution is 0.444. The Kier molecular flexibility index (Phi) is 14.3. The van der Waals surface area contributed by atoms with Gasteiger partial charge in [0.15, 0.2) is 0 Å². The molecule has 1 fully saturated rings. The van der Waals surface area contributed by atoms with Gasteiger partial charge in [0.1, 0.15) is 0 Å². The fraction of sp³-hybridized carbons (Fsp3) is 0.941. The van der Waals surface area contributed by atoms with Gasteiger partial charge in [-0.2, -0.15) is 0 Å². The lowest BCUT2D eigenvalue weighted by Gasteiger charge is -2.15. The smallest absolute Gasteiger partial charge is 0.0898 e. The van der Waals surface area contributed by atoms with Crippen LogP contribution in [0.2, 0.25) is 0 Å². The molecule has 0 saturated heterocycles. The van der Waals surface area contributed by atoms with E-state index in [9.17, 15) is 0 Å². The van der Waals surface area contributed by atoms with E-state index in [0.29, 0.717) is 12.1 Å². The van der Waals surface area contributed by atoms with Crippen LogP contribution >= 0.6 is 0 Å². The van der Waals surface area contributed by atoms with Crippen molar-refractivity contribution in [1.29, 1.82) is 0 Å². The van der Waals surface area contributed by atoms with E-state index < -0.39 is 0 Å². The SMILES string of the molecule is CCCCC(CC)N=C=NC1CCCCC1.CCNC.[HH]. The maximum Gasteiger partial charge on any atom is 0.0898 e. The second-order valence-corrected chi connectivity index (χ2v) is 5.56. The molecule has 0 aromatic rings. The minimum Gasteiger partial charge on any atom is -0.320 e. The molecule has 1 rings (SSSR count). The Balaban J connectivity index is 0. The van der Waals surface area contributed by atoms with Gasteiger partial charge in [0.05, 0.1) is 18.1 Å². The van der Waals surface area contributed by atoms with Crippen LogP contribution in [0.1, 0.15) is 80.0 Å². The first-order valence-electron chi connectivity index (χ1n) is 8.57. The Morgan fingerprint density at radius 2 is 1.85 bits per heavy atom. The van der Waals surface area contributed by atoms with Crippen molar-refractivity contribution in [2.24, 2.45) is 9.98 Å². The summed E-state index contributed by atoms with van der Waals surface area (Å²) in [5.74, 6) is 0. The average molecular weight is 284 g/mol. The van der Waals surface area contributed by atoms with E-state index in [1.165, 1.54) is 51.4 Å². The molecule has 1 saturated carbocycles. The van der Waals surface area contributed by atoms with Crippen LogP contribution < -0.4 is 5.32 Å². The maximum absolute atomic E-state index is 4.46. The highest BCUT2D eigenvalue weighted by molar-refractivity contribution is 5.42. The normalized spacial score (nSPS) is 16.6. The number of unbranched alkanes of at least 4 members (excludes halogenated alkanes) is 1. The first kappa shape index (κ1) is 19.3. The number of rotatable bonds is 7. The first-order valence-corrected chi connectivity index (χ1v) is 8.57. The van der Waals surface area contributed by atoms with Crippen LogP contribution in [0.3, 0.4) is 0 Å². The summed E-state index contributed by atoms with van der Waals surface area (Å²) in [5, 5.41) is 2.93. The van der Waals surface area contributed by atoms with Gasteiger partial charge in [-0.15, -0.1) is 0 Å². The summed E-state index contributed by atoms with van der Waals surface area (Å²) in [7, 11) is 1.93. The summed E-state index contributed by atoms with van der Waals surface area (Å²) in [4.78, 5) is 8.92. The van der Waals surface area contributed by atoms with Gasteiger partial charge in [0.2, 0.25) is 0 Å². The molecular formula is C17H37N3. The molecule has 1 aliphatic rings. The fourth-order valence-corrected chi connectivity index (χ4v) is 2.21. The molecule has 0 heterocycles. The highest BCUT2D eigenvalue weighted by Crippen LogP contribution is 2.19. The van der Waals surface area contributed by atoms with Crippen LogP contribution in [-0.2, 0) is 0 Å². The summed E-state index contributed by atoms with van der Waals surface area (Å²) in [6, 6.07) is 3.93. The standard InChI is InChI=1S/C14H26N2.C3H9N.H2/c1-3-5-9-13(4-2)15-12-16-14-10-7-6-8-11-14;1-3-4-2;/h13-14H,3-11H2,1-2H3;4H,3H2,1-2H3;1H. The maximum atomic E-state index is 4.46. The second kappa shape index (κ2) is 14.7. The van der Waals surface area contributed by atoms with E-state index in [1.54, 1.807) is 0 Å². The van der Waals surface area contributed by atoms with Gasteiger partial charge in [-0.25, -0.2) is 9.98 Å². The molecule has 0 amide bonds. The topological polar surface area (TPSA) is 36.8 Å². The minimum atomic E-state index is 0.